The summed E-state index contributed by atoms with van der Waals surface area (Å²) in [5.74, 6) is -0.292. The zero-order chi connectivity index (χ0) is 12.3. The number of carbonyl (C=O) groups is 1. The van der Waals surface area contributed by atoms with Crippen LogP contribution < -0.4 is 5.56 Å². The fraction of sp³-hybridized carbons (Fsp3) is 0.583. The molecule has 1 aromatic heterocycles. The van der Waals surface area contributed by atoms with Gasteiger partial charge in [-0.2, -0.15) is 5.10 Å². The molecule has 2 rings (SSSR count). The second kappa shape index (κ2) is 5.12. The van der Waals surface area contributed by atoms with E-state index in [1.807, 2.05) is 0 Å². The SMILES string of the molecule is CCOC(=O)Cc1n[nH]c(=O)c2c1CCCC2. The van der Waals surface area contributed by atoms with Crippen LogP contribution in [-0.2, 0) is 28.8 Å². The minimum Gasteiger partial charge on any atom is -0.466 e. The zero-order valence-corrected chi connectivity index (χ0v) is 9.91. The fourth-order valence-corrected chi connectivity index (χ4v) is 2.22. The van der Waals surface area contributed by atoms with E-state index in [0.29, 0.717) is 12.3 Å². The van der Waals surface area contributed by atoms with Gasteiger partial charge in [-0.25, -0.2) is 5.10 Å². The molecule has 0 saturated carbocycles. The quantitative estimate of drug-likeness (QED) is 0.786. The molecule has 0 aromatic carbocycles. The fourth-order valence-electron chi connectivity index (χ4n) is 2.22. The van der Waals surface area contributed by atoms with Crippen molar-refractivity contribution in [2.24, 2.45) is 0 Å². The van der Waals surface area contributed by atoms with Crippen molar-refractivity contribution in [2.75, 3.05) is 6.61 Å². The average molecular weight is 236 g/mol. The smallest absolute Gasteiger partial charge is 0.311 e. The second-order valence-corrected chi connectivity index (χ2v) is 4.15. The van der Waals surface area contributed by atoms with Crippen LogP contribution in [0.3, 0.4) is 0 Å². The third kappa shape index (κ3) is 2.54. The van der Waals surface area contributed by atoms with E-state index in [9.17, 15) is 9.59 Å². The van der Waals surface area contributed by atoms with Crippen molar-refractivity contribution in [3.8, 4) is 0 Å². The van der Waals surface area contributed by atoms with Gasteiger partial charge in [0.1, 0.15) is 0 Å². The number of H-pyrrole nitrogens is 1. The number of fused-ring (bicyclic) bond motifs is 1. The molecule has 1 heterocycles. The molecule has 0 spiro atoms. The van der Waals surface area contributed by atoms with Gasteiger partial charge in [0.2, 0.25) is 0 Å². The molecule has 5 heteroatoms. The second-order valence-electron chi connectivity index (χ2n) is 4.15. The van der Waals surface area contributed by atoms with E-state index in [2.05, 4.69) is 10.2 Å². The van der Waals surface area contributed by atoms with Crippen molar-refractivity contribution in [3.05, 3.63) is 27.2 Å². The summed E-state index contributed by atoms with van der Waals surface area (Å²) in [6.07, 6.45) is 3.84. The topological polar surface area (TPSA) is 72.0 Å². The van der Waals surface area contributed by atoms with Gasteiger partial charge >= 0.3 is 5.97 Å². The van der Waals surface area contributed by atoms with Gasteiger partial charge < -0.3 is 4.74 Å². The molecule has 1 aliphatic carbocycles. The van der Waals surface area contributed by atoms with E-state index in [-0.39, 0.29) is 17.9 Å². The van der Waals surface area contributed by atoms with Gasteiger partial charge in [-0.15, -0.1) is 0 Å². The third-order valence-corrected chi connectivity index (χ3v) is 3.00. The Hall–Kier alpha value is -1.65. The van der Waals surface area contributed by atoms with Gasteiger partial charge in [0, 0.05) is 5.56 Å². The maximum Gasteiger partial charge on any atom is 0.311 e. The molecule has 0 bridgehead atoms. The molecule has 0 unspecified atom stereocenters. The number of aromatic amines is 1. The van der Waals surface area contributed by atoms with Gasteiger partial charge in [0.05, 0.1) is 18.7 Å². The summed E-state index contributed by atoms with van der Waals surface area (Å²) in [6.45, 7) is 2.14. The highest BCUT2D eigenvalue weighted by atomic mass is 16.5. The maximum atomic E-state index is 11.6. The minimum absolute atomic E-state index is 0.118. The number of nitrogens with zero attached hydrogens (tertiary/aromatic N) is 1. The summed E-state index contributed by atoms with van der Waals surface area (Å²) < 4.78 is 4.90. The molecule has 1 N–H and O–H groups in total. The van der Waals surface area contributed by atoms with Crippen LogP contribution in [0.2, 0.25) is 0 Å². The van der Waals surface area contributed by atoms with Crippen LogP contribution in [0, 0.1) is 0 Å². The molecule has 0 aliphatic heterocycles. The molecular weight excluding hydrogens is 220 g/mol. The van der Waals surface area contributed by atoms with E-state index < -0.39 is 0 Å². The standard InChI is InChI=1S/C12H16N2O3/c1-2-17-11(15)7-10-8-5-3-4-6-9(8)12(16)14-13-10/h2-7H2,1H3,(H,14,16). The Morgan fingerprint density at radius 3 is 2.76 bits per heavy atom. The van der Waals surface area contributed by atoms with Crippen molar-refractivity contribution in [3.63, 3.8) is 0 Å². The van der Waals surface area contributed by atoms with E-state index in [1.165, 1.54) is 0 Å². The Balaban J connectivity index is 2.29. The molecule has 5 nitrogen and oxygen atoms in total. The van der Waals surface area contributed by atoms with Crippen LogP contribution in [-0.4, -0.2) is 22.8 Å². The number of rotatable bonds is 3. The number of esters is 1. The predicted molar refractivity (Wildman–Crippen MR) is 61.8 cm³/mol. The van der Waals surface area contributed by atoms with E-state index in [0.717, 1.165) is 36.8 Å². The van der Waals surface area contributed by atoms with E-state index in [1.54, 1.807) is 6.92 Å². The number of nitrogens with one attached hydrogen (secondary N) is 1. The summed E-state index contributed by atoms with van der Waals surface area (Å²) in [7, 11) is 0. The van der Waals surface area contributed by atoms with Crippen LogP contribution in [0.25, 0.3) is 0 Å². The molecular formula is C12H16N2O3. The molecule has 0 amide bonds. The Morgan fingerprint density at radius 2 is 2.06 bits per heavy atom. The largest absolute Gasteiger partial charge is 0.466 e. The molecule has 92 valence electrons. The Bertz CT molecular complexity index is 479. The van der Waals surface area contributed by atoms with Gasteiger partial charge in [0.15, 0.2) is 0 Å². The predicted octanol–water partition coefficient (Wildman–Crippen LogP) is 0.754. The van der Waals surface area contributed by atoms with Gasteiger partial charge in [-0.1, -0.05) is 0 Å². The normalized spacial score (nSPS) is 14.2. The summed E-state index contributed by atoms with van der Waals surface area (Å²) in [4.78, 5) is 23.0. The first-order valence-corrected chi connectivity index (χ1v) is 5.97. The molecule has 0 radical (unpaired) electrons. The first kappa shape index (κ1) is 11.8. The highest BCUT2D eigenvalue weighted by molar-refractivity contribution is 5.72. The van der Waals surface area contributed by atoms with Crippen LogP contribution in [0.15, 0.2) is 4.79 Å². The maximum absolute atomic E-state index is 11.6. The van der Waals surface area contributed by atoms with Crippen molar-refractivity contribution in [1.82, 2.24) is 10.2 Å². The lowest BCUT2D eigenvalue weighted by atomic mass is 9.91. The Labute approximate surface area is 99.2 Å². The summed E-state index contributed by atoms with van der Waals surface area (Å²) >= 11 is 0. The number of hydrogen-bond acceptors (Lipinski definition) is 4. The molecule has 1 aliphatic rings. The molecule has 0 fully saturated rings. The lowest BCUT2D eigenvalue weighted by molar-refractivity contribution is -0.142. The monoisotopic (exact) mass is 236 g/mol. The van der Waals surface area contributed by atoms with Gasteiger partial charge in [-0.05, 0) is 38.2 Å². The molecule has 1 aromatic rings. The summed E-state index contributed by atoms with van der Waals surface area (Å²) in [5, 5.41) is 6.44. The molecule has 17 heavy (non-hydrogen) atoms. The number of carbonyl (C=O) groups excluding carboxylic acids is 1. The number of aromatic nitrogens is 2. The third-order valence-electron chi connectivity index (χ3n) is 3.00. The van der Waals surface area contributed by atoms with Crippen molar-refractivity contribution >= 4 is 5.97 Å². The minimum atomic E-state index is -0.292. The summed E-state index contributed by atoms with van der Waals surface area (Å²) in [6, 6.07) is 0. The first-order chi connectivity index (χ1) is 8.22. The first-order valence-electron chi connectivity index (χ1n) is 5.97. The Morgan fingerprint density at radius 1 is 1.35 bits per heavy atom. The van der Waals surface area contributed by atoms with Crippen molar-refractivity contribution < 1.29 is 9.53 Å². The van der Waals surface area contributed by atoms with Gasteiger partial charge in [0.25, 0.3) is 5.56 Å². The van der Waals surface area contributed by atoms with Crippen molar-refractivity contribution in [2.45, 2.75) is 39.0 Å². The van der Waals surface area contributed by atoms with Crippen molar-refractivity contribution in [1.29, 1.82) is 0 Å². The average Bonchev–Trinajstić information content (AvgIpc) is 2.34. The number of hydrogen-bond donors (Lipinski definition) is 1. The zero-order valence-electron chi connectivity index (χ0n) is 9.91. The van der Waals surface area contributed by atoms with Gasteiger partial charge in [-0.3, -0.25) is 9.59 Å². The molecule has 0 saturated heterocycles. The van der Waals surface area contributed by atoms with Crippen LogP contribution in [0.4, 0.5) is 0 Å². The lowest BCUT2D eigenvalue weighted by Crippen LogP contribution is -2.24. The van der Waals surface area contributed by atoms with Crippen LogP contribution in [0.5, 0.6) is 0 Å². The Kier molecular flexibility index (Phi) is 3.56. The highest BCUT2D eigenvalue weighted by Gasteiger charge is 2.19. The number of ether oxygens (including phenoxy) is 1. The highest BCUT2D eigenvalue weighted by Crippen LogP contribution is 2.20. The van der Waals surface area contributed by atoms with E-state index >= 15 is 0 Å². The van der Waals surface area contributed by atoms with Crippen LogP contribution >= 0.6 is 0 Å². The summed E-state index contributed by atoms with van der Waals surface area (Å²) in [5.41, 5.74) is 2.30. The van der Waals surface area contributed by atoms with Crippen LogP contribution in [0.1, 0.15) is 36.6 Å². The molecule has 0 atom stereocenters. The lowest BCUT2D eigenvalue weighted by Gasteiger charge is -2.16. The van der Waals surface area contributed by atoms with E-state index in [4.69, 9.17) is 4.74 Å².